The molecule has 0 saturated carbocycles. The average molecular weight is 390 g/mol. The van der Waals surface area contributed by atoms with E-state index in [2.05, 4.69) is 4.98 Å². The van der Waals surface area contributed by atoms with Crippen molar-refractivity contribution in [2.45, 2.75) is 12.8 Å². The van der Waals surface area contributed by atoms with Crippen LogP contribution in [0, 0.1) is 0 Å². The molecule has 0 aliphatic carbocycles. The zero-order valence-electron chi connectivity index (χ0n) is 15.6. The molecule has 0 fully saturated rings. The van der Waals surface area contributed by atoms with E-state index < -0.39 is 5.97 Å². The summed E-state index contributed by atoms with van der Waals surface area (Å²) in [5.41, 5.74) is 2.82. The van der Waals surface area contributed by atoms with Crippen molar-refractivity contribution in [2.75, 3.05) is 13.3 Å². The predicted octanol–water partition coefficient (Wildman–Crippen LogP) is 3.58. The van der Waals surface area contributed by atoms with Crippen LogP contribution in [-0.4, -0.2) is 40.2 Å². The number of aromatic nitrogens is 1. The maximum Gasteiger partial charge on any atom is 0.339 e. The first kappa shape index (κ1) is 17.4. The molecule has 7 nitrogen and oxygen atoms in total. The number of nitrogens with one attached hydrogen (secondary N) is 1. The van der Waals surface area contributed by atoms with Gasteiger partial charge in [-0.15, -0.1) is 0 Å². The minimum Gasteiger partial charge on any atom is -0.478 e. The Morgan fingerprint density at radius 2 is 1.93 bits per heavy atom. The summed E-state index contributed by atoms with van der Waals surface area (Å²) in [6.07, 6.45) is 1.42. The fourth-order valence-corrected chi connectivity index (χ4v) is 4.05. The van der Waals surface area contributed by atoms with Gasteiger partial charge < -0.3 is 24.5 Å². The molecule has 0 spiro atoms. The Balaban J connectivity index is 1.59. The van der Waals surface area contributed by atoms with E-state index in [4.69, 9.17) is 9.47 Å². The number of hydrogen-bond donors (Lipinski definition) is 2. The first-order chi connectivity index (χ1) is 14.0. The zero-order chi connectivity index (χ0) is 20.1. The van der Waals surface area contributed by atoms with Crippen LogP contribution in [0.4, 0.5) is 0 Å². The molecule has 2 N–H and O–H groups in total. The zero-order valence-corrected chi connectivity index (χ0v) is 15.6. The van der Waals surface area contributed by atoms with Crippen molar-refractivity contribution in [3.63, 3.8) is 0 Å². The Kier molecular flexibility index (Phi) is 3.84. The van der Waals surface area contributed by atoms with Crippen LogP contribution in [0.5, 0.6) is 11.5 Å². The van der Waals surface area contributed by atoms with Gasteiger partial charge in [-0.05, 0) is 29.8 Å². The Morgan fingerprint density at radius 3 is 2.76 bits per heavy atom. The minimum absolute atomic E-state index is 0.0628. The van der Waals surface area contributed by atoms with E-state index in [-0.39, 0.29) is 24.2 Å². The molecule has 7 heteroatoms. The Bertz CT molecular complexity index is 1190. The fourth-order valence-electron chi connectivity index (χ4n) is 4.05. The van der Waals surface area contributed by atoms with Gasteiger partial charge in [0.1, 0.15) is 0 Å². The van der Waals surface area contributed by atoms with Gasteiger partial charge in [-0.1, -0.05) is 25.1 Å². The van der Waals surface area contributed by atoms with Crippen molar-refractivity contribution < 1.29 is 24.2 Å². The number of aliphatic carboxylic acids is 1. The molecule has 0 radical (unpaired) electrons. The normalized spacial score (nSPS) is 17.6. The van der Waals surface area contributed by atoms with Crippen molar-refractivity contribution in [1.82, 2.24) is 9.88 Å². The highest BCUT2D eigenvalue weighted by atomic mass is 16.7. The Labute approximate surface area is 166 Å². The maximum absolute atomic E-state index is 13.2. The average Bonchev–Trinajstić information content (AvgIpc) is 3.30. The summed E-state index contributed by atoms with van der Waals surface area (Å²) in [6, 6.07) is 12.7. The number of carboxylic acid groups (broad SMARTS) is 1. The lowest BCUT2D eigenvalue weighted by Crippen LogP contribution is -2.29. The van der Waals surface area contributed by atoms with Gasteiger partial charge in [-0.3, -0.25) is 4.79 Å². The van der Waals surface area contributed by atoms with Crippen LogP contribution >= 0.6 is 0 Å². The summed E-state index contributed by atoms with van der Waals surface area (Å²) in [5, 5.41) is 10.8. The van der Waals surface area contributed by atoms with Crippen molar-refractivity contribution in [2.24, 2.45) is 0 Å². The van der Waals surface area contributed by atoms with Gasteiger partial charge in [0.25, 0.3) is 5.91 Å². The number of carbonyl (C=O) groups is 2. The van der Waals surface area contributed by atoms with Gasteiger partial charge in [0.05, 0.1) is 11.3 Å². The first-order valence-electron chi connectivity index (χ1n) is 9.29. The molecule has 2 aromatic carbocycles. The van der Waals surface area contributed by atoms with Crippen LogP contribution in [-0.2, 0) is 4.79 Å². The van der Waals surface area contributed by atoms with Gasteiger partial charge in [-0.25, -0.2) is 4.79 Å². The molecule has 2 aliphatic heterocycles. The number of amides is 1. The molecule has 146 valence electrons. The number of ether oxygens (including phenoxy) is 2. The van der Waals surface area contributed by atoms with E-state index in [1.807, 2.05) is 31.2 Å². The molecule has 0 bridgehead atoms. The van der Waals surface area contributed by atoms with Crippen LogP contribution in [0.1, 0.15) is 34.5 Å². The van der Waals surface area contributed by atoms with Crippen molar-refractivity contribution in [3.05, 3.63) is 65.5 Å². The summed E-state index contributed by atoms with van der Waals surface area (Å²) < 4.78 is 10.7. The number of hydrogen-bond acceptors (Lipinski definition) is 4. The number of H-pyrrole nitrogens is 1. The summed E-state index contributed by atoms with van der Waals surface area (Å²) in [7, 11) is 0. The fraction of sp³-hybridized carbons (Fsp3) is 0.182. The smallest absolute Gasteiger partial charge is 0.339 e. The highest BCUT2D eigenvalue weighted by molar-refractivity contribution is 6.17. The molecule has 1 unspecified atom stereocenters. The Hall–Kier alpha value is -3.74. The maximum atomic E-state index is 13.2. The van der Waals surface area contributed by atoms with E-state index in [1.54, 1.807) is 18.2 Å². The molecule has 1 aromatic heterocycles. The van der Waals surface area contributed by atoms with Crippen molar-refractivity contribution in [1.29, 1.82) is 0 Å². The number of benzene rings is 2. The van der Waals surface area contributed by atoms with E-state index in [9.17, 15) is 14.7 Å². The van der Waals surface area contributed by atoms with E-state index in [0.29, 0.717) is 29.3 Å². The molecular formula is C22H18N2O5. The van der Waals surface area contributed by atoms with E-state index in [0.717, 1.165) is 16.5 Å². The summed E-state index contributed by atoms with van der Waals surface area (Å²) in [4.78, 5) is 29.9. The number of carboxylic acids is 1. The van der Waals surface area contributed by atoms with E-state index >= 15 is 0 Å². The number of nitrogens with zero attached hydrogens (tertiary/aromatic N) is 1. The lowest BCUT2D eigenvalue weighted by molar-refractivity contribution is -0.130. The van der Waals surface area contributed by atoms with Crippen LogP contribution in [0.2, 0.25) is 0 Å². The highest BCUT2D eigenvalue weighted by Gasteiger charge is 2.30. The quantitative estimate of drug-likeness (QED) is 0.698. The molecular weight excluding hydrogens is 372 g/mol. The summed E-state index contributed by atoms with van der Waals surface area (Å²) in [6.45, 7) is 2.48. The van der Waals surface area contributed by atoms with Crippen LogP contribution in [0.3, 0.4) is 0 Å². The van der Waals surface area contributed by atoms with Crippen molar-refractivity contribution in [3.8, 4) is 11.5 Å². The second kappa shape index (κ2) is 6.41. The second-order valence-electron chi connectivity index (χ2n) is 7.23. The summed E-state index contributed by atoms with van der Waals surface area (Å²) in [5.74, 6) is -0.336. The van der Waals surface area contributed by atoms with Crippen LogP contribution in [0.15, 0.2) is 48.7 Å². The number of fused-ring (bicyclic) bond motifs is 4. The van der Waals surface area contributed by atoms with Crippen LogP contribution < -0.4 is 9.47 Å². The molecule has 5 rings (SSSR count). The third kappa shape index (κ3) is 2.74. The highest BCUT2D eigenvalue weighted by Crippen LogP contribution is 2.37. The molecule has 29 heavy (non-hydrogen) atoms. The molecule has 2 aliphatic rings. The number of rotatable bonds is 2. The summed E-state index contributed by atoms with van der Waals surface area (Å²) >= 11 is 0. The number of carbonyl (C=O) groups excluding carboxylic acids is 1. The SMILES string of the molecule is CC1CN(C(=O)c2ccc3c(c2)OCO3)C=C(C(=O)O)c2[nH]c3ccccc3c21. The molecule has 1 amide bonds. The van der Waals surface area contributed by atoms with Crippen molar-refractivity contribution >= 4 is 28.4 Å². The topological polar surface area (TPSA) is 91.9 Å². The molecule has 3 aromatic rings. The van der Waals surface area contributed by atoms with Crippen LogP contribution in [0.25, 0.3) is 16.5 Å². The molecule has 0 saturated heterocycles. The van der Waals surface area contributed by atoms with Gasteiger partial charge in [0.15, 0.2) is 11.5 Å². The predicted molar refractivity (Wildman–Crippen MR) is 106 cm³/mol. The third-order valence-electron chi connectivity index (χ3n) is 5.37. The number of para-hydroxylation sites is 1. The number of aromatic amines is 1. The van der Waals surface area contributed by atoms with Gasteiger partial charge in [0.2, 0.25) is 6.79 Å². The second-order valence-corrected chi connectivity index (χ2v) is 7.23. The van der Waals surface area contributed by atoms with Gasteiger partial charge >= 0.3 is 5.97 Å². The molecule has 1 atom stereocenters. The van der Waals surface area contributed by atoms with Gasteiger partial charge in [-0.2, -0.15) is 0 Å². The monoisotopic (exact) mass is 390 g/mol. The molecule has 3 heterocycles. The lowest BCUT2D eigenvalue weighted by atomic mass is 9.96. The Morgan fingerprint density at radius 1 is 1.14 bits per heavy atom. The first-order valence-corrected chi connectivity index (χ1v) is 9.29. The minimum atomic E-state index is -1.09. The standard InChI is InChI=1S/C22H18N2O5/c1-12-9-24(21(25)13-6-7-17-18(8-13)29-11-28-17)10-15(22(26)27)20-19(12)14-4-2-3-5-16(14)23-20/h2-8,10,12,23H,9,11H2,1H3,(H,26,27). The third-order valence-corrected chi connectivity index (χ3v) is 5.37. The van der Waals surface area contributed by atoms with Gasteiger partial charge in [0, 0.05) is 35.1 Å². The lowest BCUT2D eigenvalue weighted by Gasteiger charge is -2.21. The van der Waals surface area contributed by atoms with E-state index in [1.165, 1.54) is 11.1 Å². The largest absolute Gasteiger partial charge is 0.478 e.